The van der Waals surface area contributed by atoms with Gasteiger partial charge in [-0.05, 0) is 25.5 Å². The van der Waals surface area contributed by atoms with Crippen LogP contribution in [-0.4, -0.2) is 26.7 Å². The number of primary amides is 1. The Morgan fingerprint density at radius 1 is 1.21 bits per heavy atom. The second kappa shape index (κ2) is 6.44. The standard InChI is InChI=1S/C12H16N2O4S/c1-9(15)10-4-6-11(7-5-10)19(17,18)14-8-2-3-12(13)16/h4-7,14H,2-3,8H2,1H3,(H2,13,16). The van der Waals surface area contributed by atoms with Crippen molar-refractivity contribution in [3.63, 3.8) is 0 Å². The van der Waals surface area contributed by atoms with Crippen LogP contribution >= 0.6 is 0 Å². The predicted molar refractivity (Wildman–Crippen MR) is 70.1 cm³/mol. The number of amides is 1. The summed E-state index contributed by atoms with van der Waals surface area (Å²) in [6.45, 7) is 1.55. The summed E-state index contributed by atoms with van der Waals surface area (Å²) in [6, 6.07) is 5.65. The van der Waals surface area contributed by atoms with Gasteiger partial charge in [-0.3, -0.25) is 9.59 Å². The topological polar surface area (TPSA) is 106 Å². The highest BCUT2D eigenvalue weighted by Gasteiger charge is 2.13. The van der Waals surface area contributed by atoms with Crippen LogP contribution in [0.1, 0.15) is 30.1 Å². The first-order valence-electron chi connectivity index (χ1n) is 5.72. The molecule has 0 radical (unpaired) electrons. The number of Topliss-reactive ketones (excluding diaryl/α,β-unsaturated/α-hetero) is 1. The Morgan fingerprint density at radius 2 is 1.79 bits per heavy atom. The first-order chi connectivity index (χ1) is 8.83. The van der Waals surface area contributed by atoms with E-state index in [1.807, 2.05) is 0 Å². The van der Waals surface area contributed by atoms with Crippen LogP contribution in [0.5, 0.6) is 0 Å². The molecule has 104 valence electrons. The summed E-state index contributed by atoms with van der Waals surface area (Å²) in [6.07, 6.45) is 0.478. The molecule has 19 heavy (non-hydrogen) atoms. The molecule has 1 rings (SSSR count). The van der Waals surface area contributed by atoms with E-state index >= 15 is 0 Å². The Labute approximate surface area is 112 Å². The van der Waals surface area contributed by atoms with E-state index in [1.165, 1.54) is 31.2 Å². The van der Waals surface area contributed by atoms with Crippen molar-refractivity contribution in [2.45, 2.75) is 24.7 Å². The number of nitrogens with one attached hydrogen (secondary N) is 1. The number of sulfonamides is 1. The monoisotopic (exact) mass is 284 g/mol. The molecule has 0 aliphatic rings. The van der Waals surface area contributed by atoms with Crippen LogP contribution in [0, 0.1) is 0 Å². The quantitative estimate of drug-likeness (QED) is 0.559. The fourth-order valence-corrected chi connectivity index (χ4v) is 2.50. The molecular formula is C12H16N2O4S. The van der Waals surface area contributed by atoms with Gasteiger partial charge in [0.2, 0.25) is 15.9 Å². The molecule has 0 fully saturated rings. The molecule has 0 bridgehead atoms. The number of nitrogens with two attached hydrogens (primary N) is 1. The molecule has 0 atom stereocenters. The van der Waals surface area contributed by atoms with Gasteiger partial charge in [0.1, 0.15) is 0 Å². The maximum atomic E-state index is 11.8. The highest BCUT2D eigenvalue weighted by molar-refractivity contribution is 7.89. The zero-order chi connectivity index (χ0) is 14.5. The van der Waals surface area contributed by atoms with Gasteiger partial charge in [0, 0.05) is 18.5 Å². The average Bonchev–Trinajstić information content (AvgIpc) is 2.34. The van der Waals surface area contributed by atoms with Gasteiger partial charge < -0.3 is 5.73 Å². The predicted octanol–water partition coefficient (Wildman–Crippen LogP) is 0.433. The molecular weight excluding hydrogens is 268 g/mol. The number of carbonyl (C=O) groups is 2. The number of benzene rings is 1. The van der Waals surface area contributed by atoms with Crippen LogP contribution in [0.25, 0.3) is 0 Å². The van der Waals surface area contributed by atoms with E-state index in [9.17, 15) is 18.0 Å². The van der Waals surface area contributed by atoms with E-state index < -0.39 is 15.9 Å². The fraction of sp³-hybridized carbons (Fsp3) is 0.333. The molecule has 0 aliphatic heterocycles. The zero-order valence-corrected chi connectivity index (χ0v) is 11.4. The summed E-state index contributed by atoms with van der Waals surface area (Å²) in [4.78, 5) is 21.7. The maximum Gasteiger partial charge on any atom is 0.240 e. The summed E-state index contributed by atoms with van der Waals surface area (Å²) < 4.78 is 26.1. The normalized spacial score (nSPS) is 11.2. The smallest absolute Gasteiger partial charge is 0.240 e. The van der Waals surface area contributed by atoms with Crippen LogP contribution in [-0.2, 0) is 14.8 Å². The van der Waals surface area contributed by atoms with Gasteiger partial charge in [-0.2, -0.15) is 0 Å². The van der Waals surface area contributed by atoms with E-state index in [0.29, 0.717) is 12.0 Å². The molecule has 1 amide bonds. The average molecular weight is 284 g/mol. The first kappa shape index (κ1) is 15.3. The third-order valence-electron chi connectivity index (χ3n) is 2.46. The Bertz CT molecular complexity index is 564. The molecule has 6 nitrogen and oxygen atoms in total. The van der Waals surface area contributed by atoms with Crippen molar-refractivity contribution in [1.29, 1.82) is 0 Å². The van der Waals surface area contributed by atoms with Crippen molar-refractivity contribution >= 4 is 21.7 Å². The van der Waals surface area contributed by atoms with Crippen LogP contribution in [0.15, 0.2) is 29.2 Å². The lowest BCUT2D eigenvalue weighted by Crippen LogP contribution is -2.25. The summed E-state index contributed by atoms with van der Waals surface area (Å²) in [7, 11) is -3.61. The van der Waals surface area contributed by atoms with Crippen molar-refractivity contribution in [2.75, 3.05) is 6.54 Å². The van der Waals surface area contributed by atoms with Gasteiger partial charge in [0.25, 0.3) is 0 Å². The number of rotatable bonds is 7. The molecule has 0 saturated carbocycles. The van der Waals surface area contributed by atoms with Crippen molar-refractivity contribution in [1.82, 2.24) is 4.72 Å². The lowest BCUT2D eigenvalue weighted by molar-refractivity contribution is -0.118. The molecule has 1 aromatic rings. The lowest BCUT2D eigenvalue weighted by atomic mass is 10.2. The third-order valence-corrected chi connectivity index (χ3v) is 3.94. The summed E-state index contributed by atoms with van der Waals surface area (Å²) in [5.41, 5.74) is 5.40. The zero-order valence-electron chi connectivity index (χ0n) is 10.5. The molecule has 0 saturated heterocycles. The summed E-state index contributed by atoms with van der Waals surface area (Å²) >= 11 is 0. The fourth-order valence-electron chi connectivity index (χ4n) is 1.42. The largest absolute Gasteiger partial charge is 0.370 e. The summed E-state index contributed by atoms with van der Waals surface area (Å²) in [5, 5.41) is 0. The minimum atomic E-state index is -3.61. The molecule has 0 unspecified atom stereocenters. The van der Waals surface area contributed by atoms with E-state index in [0.717, 1.165) is 0 Å². The first-order valence-corrected chi connectivity index (χ1v) is 7.20. The molecule has 1 aromatic carbocycles. The second-order valence-corrected chi connectivity index (χ2v) is 5.82. The molecule has 0 spiro atoms. The van der Waals surface area contributed by atoms with Crippen molar-refractivity contribution in [3.8, 4) is 0 Å². The summed E-state index contributed by atoms with van der Waals surface area (Å²) in [5.74, 6) is -0.594. The van der Waals surface area contributed by atoms with Crippen LogP contribution < -0.4 is 10.5 Å². The number of hydrogen-bond acceptors (Lipinski definition) is 4. The Balaban J connectivity index is 2.66. The molecule has 0 aliphatic carbocycles. The van der Waals surface area contributed by atoms with Crippen molar-refractivity contribution < 1.29 is 18.0 Å². The maximum absolute atomic E-state index is 11.8. The van der Waals surface area contributed by atoms with Crippen molar-refractivity contribution in [3.05, 3.63) is 29.8 Å². The van der Waals surface area contributed by atoms with Gasteiger partial charge >= 0.3 is 0 Å². The minimum Gasteiger partial charge on any atom is -0.370 e. The number of ketones is 1. The molecule has 3 N–H and O–H groups in total. The van der Waals surface area contributed by atoms with Gasteiger partial charge in [0.15, 0.2) is 5.78 Å². The molecule has 0 heterocycles. The van der Waals surface area contributed by atoms with Gasteiger partial charge in [-0.15, -0.1) is 0 Å². The van der Waals surface area contributed by atoms with E-state index in [1.54, 1.807) is 0 Å². The highest BCUT2D eigenvalue weighted by atomic mass is 32.2. The molecule has 0 aromatic heterocycles. The van der Waals surface area contributed by atoms with Crippen molar-refractivity contribution in [2.24, 2.45) is 5.73 Å². The Morgan fingerprint density at radius 3 is 2.26 bits per heavy atom. The van der Waals surface area contributed by atoms with E-state index in [2.05, 4.69) is 4.72 Å². The van der Waals surface area contributed by atoms with E-state index in [4.69, 9.17) is 5.73 Å². The number of carbonyl (C=O) groups excluding carboxylic acids is 2. The van der Waals surface area contributed by atoms with Crippen LogP contribution in [0.2, 0.25) is 0 Å². The van der Waals surface area contributed by atoms with Crippen LogP contribution in [0.3, 0.4) is 0 Å². The Hall–Kier alpha value is -1.73. The van der Waals surface area contributed by atoms with Gasteiger partial charge in [0.05, 0.1) is 4.90 Å². The third kappa shape index (κ3) is 4.80. The van der Waals surface area contributed by atoms with Gasteiger partial charge in [-0.1, -0.05) is 12.1 Å². The molecule has 7 heteroatoms. The van der Waals surface area contributed by atoms with E-state index in [-0.39, 0.29) is 23.6 Å². The second-order valence-electron chi connectivity index (χ2n) is 4.05. The minimum absolute atomic E-state index is 0.0802. The lowest BCUT2D eigenvalue weighted by Gasteiger charge is -2.06. The SMILES string of the molecule is CC(=O)c1ccc(S(=O)(=O)NCCCC(N)=O)cc1. The highest BCUT2D eigenvalue weighted by Crippen LogP contribution is 2.10. The van der Waals surface area contributed by atoms with Crippen LogP contribution in [0.4, 0.5) is 0 Å². The van der Waals surface area contributed by atoms with Gasteiger partial charge in [-0.25, -0.2) is 13.1 Å². The number of hydrogen-bond donors (Lipinski definition) is 2. The Kier molecular flexibility index (Phi) is 5.20.